The van der Waals surface area contributed by atoms with Gasteiger partial charge in [-0.05, 0) is 55.6 Å². The predicted molar refractivity (Wildman–Crippen MR) is 192 cm³/mol. The minimum atomic E-state index is -3.83. The van der Waals surface area contributed by atoms with E-state index in [1.807, 2.05) is 34.9 Å². The van der Waals surface area contributed by atoms with Gasteiger partial charge in [0.25, 0.3) is 0 Å². The van der Waals surface area contributed by atoms with Crippen molar-refractivity contribution in [3.63, 3.8) is 0 Å². The zero-order valence-electron chi connectivity index (χ0n) is 28.4. The normalized spacial score (nSPS) is 21.5. The third-order valence-electron chi connectivity index (χ3n) is 9.36. The van der Waals surface area contributed by atoms with Crippen LogP contribution in [0.25, 0.3) is 16.6 Å². The van der Waals surface area contributed by atoms with Gasteiger partial charge in [-0.1, -0.05) is 37.8 Å². The van der Waals surface area contributed by atoms with E-state index in [9.17, 15) is 8.42 Å². The summed E-state index contributed by atoms with van der Waals surface area (Å²) in [6.45, 7) is 13.6. The van der Waals surface area contributed by atoms with Gasteiger partial charge in [0.1, 0.15) is 30.4 Å². The van der Waals surface area contributed by atoms with E-state index in [0.717, 1.165) is 42.4 Å². The van der Waals surface area contributed by atoms with Crippen LogP contribution in [-0.2, 0) is 26.2 Å². The summed E-state index contributed by atoms with van der Waals surface area (Å²) in [5, 5.41) is -0.0183. The fraction of sp³-hybridized carbons (Fsp3) is 0.529. The van der Waals surface area contributed by atoms with Crippen LogP contribution in [0.5, 0.6) is 0 Å². The number of nitrogens with one attached hydrogen (secondary N) is 1. The molecule has 1 aliphatic carbocycles. The van der Waals surface area contributed by atoms with Gasteiger partial charge in [0, 0.05) is 64.2 Å². The van der Waals surface area contributed by atoms with Crippen LogP contribution in [0.15, 0.2) is 54.6 Å². The van der Waals surface area contributed by atoms with E-state index >= 15 is 4.39 Å². The number of hydrogen-bond donors (Lipinski definition) is 2. The number of rotatable bonds is 12. The van der Waals surface area contributed by atoms with Crippen LogP contribution in [-0.4, -0.2) is 89.1 Å². The highest BCUT2D eigenvalue weighted by atomic mass is 32.2. The SMILES string of the molecule is CC(c1cccc(N2CC[C@@H](N)C2)c1)S(=O)(=O)NC1C=C(F)C(c2cc3c(N4CCOCC4)ncnc3n2COCC[Si](C)(C)C)=CC1. The van der Waals surface area contributed by atoms with Crippen LogP contribution in [0, 0.1) is 0 Å². The summed E-state index contributed by atoms with van der Waals surface area (Å²) in [6, 6.07) is 9.90. The first kappa shape index (κ1) is 34.7. The zero-order valence-corrected chi connectivity index (χ0v) is 30.2. The summed E-state index contributed by atoms with van der Waals surface area (Å²) < 4.78 is 59.5. The molecule has 0 bridgehead atoms. The second-order valence-corrected chi connectivity index (χ2v) is 21.9. The highest BCUT2D eigenvalue weighted by molar-refractivity contribution is 7.89. The van der Waals surface area contributed by atoms with Gasteiger partial charge >= 0.3 is 0 Å². The van der Waals surface area contributed by atoms with E-state index in [0.29, 0.717) is 61.8 Å². The Morgan fingerprint density at radius 1 is 1.15 bits per heavy atom. The van der Waals surface area contributed by atoms with Crippen molar-refractivity contribution >= 4 is 46.2 Å². The van der Waals surface area contributed by atoms with Crippen molar-refractivity contribution in [1.29, 1.82) is 0 Å². The molecular weight excluding hydrogens is 650 g/mol. The number of sulfonamides is 1. The molecule has 3 atom stereocenters. The molecule has 3 aromatic rings. The smallest absolute Gasteiger partial charge is 0.218 e. The Morgan fingerprint density at radius 2 is 1.94 bits per heavy atom. The van der Waals surface area contributed by atoms with Gasteiger partial charge in [0.05, 0.1) is 29.5 Å². The second kappa shape index (κ2) is 14.4. The highest BCUT2D eigenvalue weighted by Gasteiger charge is 2.30. The number of benzene rings is 1. The summed E-state index contributed by atoms with van der Waals surface area (Å²) in [6.07, 6.45) is 5.87. The van der Waals surface area contributed by atoms with Crippen molar-refractivity contribution in [2.24, 2.45) is 5.73 Å². The summed E-state index contributed by atoms with van der Waals surface area (Å²) in [4.78, 5) is 13.5. The summed E-state index contributed by atoms with van der Waals surface area (Å²) >= 11 is 0. The molecule has 0 radical (unpaired) electrons. The summed E-state index contributed by atoms with van der Waals surface area (Å²) in [7, 11) is -5.15. The number of aromatic nitrogens is 3. The fourth-order valence-corrected chi connectivity index (χ4v) is 8.49. The van der Waals surface area contributed by atoms with Crippen LogP contribution < -0.4 is 20.3 Å². The lowest BCUT2D eigenvalue weighted by molar-refractivity contribution is 0.0893. The van der Waals surface area contributed by atoms with Crippen molar-refractivity contribution in [3.05, 3.63) is 65.9 Å². The van der Waals surface area contributed by atoms with Crippen molar-refractivity contribution in [2.75, 3.05) is 55.8 Å². The van der Waals surface area contributed by atoms with Crippen molar-refractivity contribution < 1.29 is 22.3 Å². The largest absolute Gasteiger partial charge is 0.378 e. The number of halogens is 1. The topological polar surface area (TPSA) is 128 Å². The maximum atomic E-state index is 16.1. The third-order valence-corrected chi connectivity index (χ3v) is 12.9. The first-order valence-corrected chi connectivity index (χ1v) is 22.1. The van der Waals surface area contributed by atoms with E-state index in [-0.39, 0.29) is 12.8 Å². The molecule has 0 saturated carbocycles. The standard InChI is InChI=1S/C34H48FN7O4SSi/c1-24(25-6-5-7-28(18-25)41-11-10-26(36)21-41)47(43,44)39-27-8-9-29(31(35)19-27)32-20-30-33(40-12-14-45-15-13-40)37-22-38-34(30)42(32)23-46-16-17-48(2,3)4/h5-7,9,18-20,22,24,26-27,39H,8,10-17,21,23,36H2,1-4H3/t24?,26-,27?/m1/s1. The molecule has 6 rings (SSSR count). The van der Waals surface area contributed by atoms with E-state index in [2.05, 4.69) is 44.1 Å². The molecule has 0 spiro atoms. The maximum Gasteiger partial charge on any atom is 0.218 e. The summed E-state index contributed by atoms with van der Waals surface area (Å²) in [5.74, 6) is 0.281. The molecule has 3 aliphatic rings. The van der Waals surface area contributed by atoms with Gasteiger partial charge in [-0.25, -0.2) is 27.5 Å². The lowest BCUT2D eigenvalue weighted by Crippen LogP contribution is -2.36. The number of morpholine rings is 1. The lowest BCUT2D eigenvalue weighted by Gasteiger charge is -2.28. The van der Waals surface area contributed by atoms with Crippen LogP contribution in [0.1, 0.15) is 36.3 Å². The number of ether oxygens (including phenoxy) is 2. The zero-order chi connectivity index (χ0) is 34.1. The third kappa shape index (κ3) is 7.84. The average Bonchev–Trinajstić information content (AvgIpc) is 3.66. The van der Waals surface area contributed by atoms with Crippen molar-refractivity contribution in [2.45, 2.75) is 69.5 Å². The number of anilines is 2. The molecule has 11 nitrogen and oxygen atoms in total. The average molecular weight is 698 g/mol. The monoisotopic (exact) mass is 697 g/mol. The van der Waals surface area contributed by atoms with Crippen LogP contribution in [0.4, 0.5) is 15.9 Å². The molecule has 0 amide bonds. The number of fused-ring (bicyclic) bond motifs is 1. The molecule has 1 aromatic carbocycles. The van der Waals surface area contributed by atoms with Gasteiger partial charge in [0.15, 0.2) is 0 Å². The Balaban J connectivity index is 1.23. The Kier molecular flexibility index (Phi) is 10.4. The number of hydrogen-bond acceptors (Lipinski definition) is 9. The molecule has 48 heavy (non-hydrogen) atoms. The fourth-order valence-electron chi connectivity index (χ4n) is 6.44. The van der Waals surface area contributed by atoms with Gasteiger partial charge in [-0.15, -0.1) is 0 Å². The summed E-state index contributed by atoms with van der Waals surface area (Å²) in [5.41, 5.74) is 9.39. The molecular formula is C34H48FN7O4SSi. The Morgan fingerprint density at radius 3 is 2.65 bits per heavy atom. The van der Waals surface area contributed by atoms with Crippen LogP contribution >= 0.6 is 0 Å². The number of nitrogens with two attached hydrogens (primary N) is 1. The molecule has 3 N–H and O–H groups in total. The number of allylic oxidation sites excluding steroid dienone is 2. The minimum absolute atomic E-state index is 0.117. The second-order valence-electron chi connectivity index (χ2n) is 14.2. The molecule has 2 aliphatic heterocycles. The van der Waals surface area contributed by atoms with E-state index in [1.165, 1.54) is 6.08 Å². The molecule has 2 fully saturated rings. The van der Waals surface area contributed by atoms with Gasteiger partial charge in [0.2, 0.25) is 10.0 Å². The first-order valence-electron chi connectivity index (χ1n) is 16.8. The molecule has 4 heterocycles. The quantitative estimate of drug-likeness (QED) is 0.203. The van der Waals surface area contributed by atoms with Gasteiger partial charge in [-0.3, -0.25) is 0 Å². The van der Waals surface area contributed by atoms with Crippen molar-refractivity contribution in [3.8, 4) is 0 Å². The molecule has 2 aromatic heterocycles. The van der Waals surface area contributed by atoms with Gasteiger partial charge in [-0.2, -0.15) is 0 Å². The first-order chi connectivity index (χ1) is 22.9. The minimum Gasteiger partial charge on any atom is -0.378 e. The van der Waals surface area contributed by atoms with Crippen molar-refractivity contribution in [1.82, 2.24) is 19.3 Å². The van der Waals surface area contributed by atoms with Gasteiger partial charge < -0.3 is 29.6 Å². The molecule has 2 unspecified atom stereocenters. The molecule has 14 heteroatoms. The van der Waals surface area contributed by atoms with Crippen LogP contribution in [0.3, 0.4) is 0 Å². The Hall–Kier alpha value is -3.14. The molecule has 2 saturated heterocycles. The number of nitrogens with zero attached hydrogens (tertiary/aromatic N) is 5. The van der Waals surface area contributed by atoms with E-state index < -0.39 is 35.2 Å². The van der Waals surface area contributed by atoms with E-state index in [1.54, 1.807) is 19.3 Å². The predicted octanol–water partition coefficient (Wildman–Crippen LogP) is 4.81. The molecule has 260 valence electrons. The maximum absolute atomic E-state index is 16.1. The Labute approximate surface area is 284 Å². The highest BCUT2D eigenvalue weighted by Crippen LogP contribution is 2.36. The van der Waals surface area contributed by atoms with E-state index in [4.69, 9.17) is 15.2 Å². The lowest BCUT2D eigenvalue weighted by atomic mass is 10.00. The van der Waals surface area contributed by atoms with Crippen LogP contribution in [0.2, 0.25) is 25.7 Å². The Bertz CT molecular complexity index is 1790.